The predicted octanol–water partition coefficient (Wildman–Crippen LogP) is 2.59. The van der Waals surface area contributed by atoms with E-state index in [2.05, 4.69) is 20.9 Å². The first kappa shape index (κ1) is 8.81. The molecule has 0 amide bonds. The molecule has 2 nitrogen and oxygen atoms in total. The Labute approximate surface area is 78.7 Å². The van der Waals surface area contributed by atoms with E-state index < -0.39 is 0 Å². The maximum Gasteiger partial charge on any atom is 0.155 e. The molecule has 0 aliphatic carbocycles. The Balaban J connectivity index is 3.13. The van der Waals surface area contributed by atoms with Crippen LogP contribution in [0.15, 0.2) is 16.7 Å². The molecule has 1 aromatic rings. The smallest absolute Gasteiger partial charge is 0.155 e. The highest BCUT2D eigenvalue weighted by Crippen LogP contribution is 2.27. The third-order valence-electron chi connectivity index (χ3n) is 1.26. The standard InChI is InChI=1S/C7H7BrClNO/c1-11-7-5(8)2-3-10-6(7)4-9/h2-3H,4H2,1H3. The van der Waals surface area contributed by atoms with Crippen LogP contribution in [-0.4, -0.2) is 12.1 Å². The zero-order valence-corrected chi connectivity index (χ0v) is 8.32. The lowest BCUT2D eigenvalue weighted by atomic mass is 10.3. The Kier molecular flexibility index (Phi) is 3.15. The first-order valence-electron chi connectivity index (χ1n) is 3.03. The topological polar surface area (TPSA) is 22.1 Å². The van der Waals surface area contributed by atoms with Gasteiger partial charge in [0.2, 0.25) is 0 Å². The van der Waals surface area contributed by atoms with Crippen molar-refractivity contribution < 1.29 is 4.74 Å². The van der Waals surface area contributed by atoms with Gasteiger partial charge in [0.1, 0.15) is 0 Å². The summed E-state index contributed by atoms with van der Waals surface area (Å²) in [5.41, 5.74) is 0.753. The van der Waals surface area contributed by atoms with Gasteiger partial charge in [-0.15, -0.1) is 11.6 Å². The van der Waals surface area contributed by atoms with E-state index in [1.807, 2.05) is 6.07 Å². The van der Waals surface area contributed by atoms with Crippen LogP contribution < -0.4 is 4.74 Å². The average Bonchev–Trinajstić information content (AvgIpc) is 2.04. The van der Waals surface area contributed by atoms with E-state index in [9.17, 15) is 0 Å². The maximum absolute atomic E-state index is 5.62. The van der Waals surface area contributed by atoms with Crippen molar-refractivity contribution in [2.45, 2.75) is 5.88 Å². The molecule has 0 saturated heterocycles. The minimum Gasteiger partial charge on any atom is -0.494 e. The highest BCUT2D eigenvalue weighted by atomic mass is 79.9. The third-order valence-corrected chi connectivity index (χ3v) is 2.14. The molecule has 0 aromatic carbocycles. The minimum atomic E-state index is 0.364. The van der Waals surface area contributed by atoms with E-state index in [-0.39, 0.29) is 0 Å². The Bertz CT molecular complexity index is 254. The van der Waals surface area contributed by atoms with Crippen molar-refractivity contribution in [3.63, 3.8) is 0 Å². The normalized spacial score (nSPS) is 9.73. The summed E-state index contributed by atoms with van der Waals surface area (Å²) in [6.07, 6.45) is 1.68. The molecule has 0 atom stereocenters. The van der Waals surface area contributed by atoms with Gasteiger partial charge in [-0.2, -0.15) is 0 Å². The molecule has 0 bridgehead atoms. The van der Waals surface area contributed by atoms with Gasteiger partial charge in [-0.25, -0.2) is 0 Å². The van der Waals surface area contributed by atoms with Crippen LogP contribution in [0.4, 0.5) is 0 Å². The Morgan fingerprint density at radius 2 is 2.45 bits per heavy atom. The summed E-state index contributed by atoms with van der Waals surface area (Å²) < 4.78 is 5.95. The summed E-state index contributed by atoms with van der Waals surface area (Å²) in [4.78, 5) is 4.04. The molecule has 60 valence electrons. The molecule has 1 aromatic heterocycles. The van der Waals surface area contributed by atoms with E-state index in [1.54, 1.807) is 13.3 Å². The van der Waals surface area contributed by atoms with E-state index in [0.29, 0.717) is 11.6 Å². The second kappa shape index (κ2) is 3.93. The summed E-state index contributed by atoms with van der Waals surface area (Å²) in [5.74, 6) is 1.07. The Hall–Kier alpha value is -0.280. The fraction of sp³-hybridized carbons (Fsp3) is 0.286. The van der Waals surface area contributed by atoms with Crippen LogP contribution in [0.3, 0.4) is 0 Å². The van der Waals surface area contributed by atoms with Gasteiger partial charge < -0.3 is 4.74 Å². The zero-order chi connectivity index (χ0) is 8.27. The molecule has 0 N–H and O–H groups in total. The second-order valence-corrected chi connectivity index (χ2v) is 3.03. The van der Waals surface area contributed by atoms with Gasteiger partial charge in [-0.3, -0.25) is 4.98 Å². The molecule has 0 aliphatic heterocycles. The van der Waals surface area contributed by atoms with Crippen molar-refractivity contribution in [3.05, 3.63) is 22.4 Å². The van der Waals surface area contributed by atoms with E-state index in [0.717, 1.165) is 10.2 Å². The molecule has 0 radical (unpaired) electrons. The van der Waals surface area contributed by atoms with Crippen molar-refractivity contribution in [3.8, 4) is 5.75 Å². The summed E-state index contributed by atoms with van der Waals surface area (Å²) in [6.45, 7) is 0. The fourth-order valence-electron chi connectivity index (χ4n) is 0.775. The molecule has 0 fully saturated rings. The number of alkyl halides is 1. The lowest BCUT2D eigenvalue weighted by molar-refractivity contribution is 0.406. The van der Waals surface area contributed by atoms with Gasteiger partial charge in [-0.1, -0.05) is 0 Å². The minimum absolute atomic E-state index is 0.364. The lowest BCUT2D eigenvalue weighted by Crippen LogP contribution is -1.93. The summed E-state index contributed by atoms with van der Waals surface area (Å²) in [6, 6.07) is 1.81. The fourth-order valence-corrected chi connectivity index (χ4v) is 1.47. The van der Waals surface area contributed by atoms with Crippen molar-refractivity contribution in [1.29, 1.82) is 0 Å². The van der Waals surface area contributed by atoms with Crippen LogP contribution >= 0.6 is 27.5 Å². The largest absolute Gasteiger partial charge is 0.494 e. The molecule has 0 unspecified atom stereocenters. The SMILES string of the molecule is COc1c(Br)ccnc1CCl. The van der Waals surface area contributed by atoms with Crippen molar-refractivity contribution in [2.24, 2.45) is 0 Å². The molecule has 0 saturated carbocycles. The van der Waals surface area contributed by atoms with Gasteiger partial charge in [0.05, 0.1) is 23.2 Å². The van der Waals surface area contributed by atoms with Gasteiger partial charge in [0, 0.05) is 6.20 Å². The number of ether oxygens (including phenoxy) is 1. The number of hydrogen-bond donors (Lipinski definition) is 0. The molecule has 11 heavy (non-hydrogen) atoms. The lowest BCUT2D eigenvalue weighted by Gasteiger charge is -2.05. The summed E-state index contributed by atoms with van der Waals surface area (Å²) in [7, 11) is 1.60. The number of nitrogens with zero attached hydrogens (tertiary/aromatic N) is 1. The molecule has 1 heterocycles. The average molecular weight is 236 g/mol. The number of methoxy groups -OCH3 is 1. The number of halogens is 2. The molecular formula is C7H7BrClNO. The highest BCUT2D eigenvalue weighted by Gasteiger charge is 2.05. The van der Waals surface area contributed by atoms with Crippen molar-refractivity contribution in [1.82, 2.24) is 4.98 Å². The zero-order valence-electron chi connectivity index (χ0n) is 5.97. The van der Waals surface area contributed by atoms with Crippen LogP contribution in [0.5, 0.6) is 5.75 Å². The molecule has 0 spiro atoms. The Morgan fingerprint density at radius 1 is 1.73 bits per heavy atom. The molecule has 0 aliphatic rings. The number of hydrogen-bond acceptors (Lipinski definition) is 2. The quantitative estimate of drug-likeness (QED) is 0.737. The number of pyridine rings is 1. The van der Waals surface area contributed by atoms with Crippen LogP contribution in [0.2, 0.25) is 0 Å². The monoisotopic (exact) mass is 235 g/mol. The number of rotatable bonds is 2. The van der Waals surface area contributed by atoms with E-state index >= 15 is 0 Å². The second-order valence-electron chi connectivity index (χ2n) is 1.91. The third kappa shape index (κ3) is 1.84. The van der Waals surface area contributed by atoms with Crippen LogP contribution in [0, 0.1) is 0 Å². The molecular weight excluding hydrogens is 229 g/mol. The van der Waals surface area contributed by atoms with Gasteiger partial charge >= 0.3 is 0 Å². The summed E-state index contributed by atoms with van der Waals surface area (Å²) in [5, 5.41) is 0. The maximum atomic E-state index is 5.62. The Morgan fingerprint density at radius 3 is 2.91 bits per heavy atom. The molecule has 1 rings (SSSR count). The first-order valence-corrected chi connectivity index (χ1v) is 4.35. The van der Waals surface area contributed by atoms with Gasteiger partial charge in [0.25, 0.3) is 0 Å². The highest BCUT2D eigenvalue weighted by molar-refractivity contribution is 9.10. The number of aromatic nitrogens is 1. The van der Waals surface area contributed by atoms with Crippen molar-refractivity contribution >= 4 is 27.5 Å². The van der Waals surface area contributed by atoms with Gasteiger partial charge in [-0.05, 0) is 22.0 Å². The summed E-state index contributed by atoms with van der Waals surface area (Å²) >= 11 is 8.94. The van der Waals surface area contributed by atoms with Crippen molar-refractivity contribution in [2.75, 3.05) is 7.11 Å². The van der Waals surface area contributed by atoms with E-state index in [4.69, 9.17) is 16.3 Å². The molecule has 4 heteroatoms. The first-order chi connectivity index (χ1) is 5.29. The predicted molar refractivity (Wildman–Crippen MR) is 48.0 cm³/mol. The van der Waals surface area contributed by atoms with E-state index in [1.165, 1.54) is 0 Å². The van der Waals surface area contributed by atoms with Gasteiger partial charge in [0.15, 0.2) is 5.75 Å². The van der Waals surface area contributed by atoms with Crippen LogP contribution in [0.25, 0.3) is 0 Å². The van der Waals surface area contributed by atoms with Crippen LogP contribution in [0.1, 0.15) is 5.69 Å². The van der Waals surface area contributed by atoms with Crippen LogP contribution in [-0.2, 0) is 5.88 Å².